The normalized spacial score (nSPS) is 10.9. The number of rotatable bonds is 4. The predicted molar refractivity (Wildman–Crippen MR) is 94.9 cm³/mol. The molecule has 1 aromatic carbocycles. The number of ketones is 1. The van der Waals surface area contributed by atoms with Gasteiger partial charge in [0.25, 0.3) is 5.91 Å². The fourth-order valence-corrected chi connectivity index (χ4v) is 3.73. The summed E-state index contributed by atoms with van der Waals surface area (Å²) in [6.45, 7) is 4.16. The number of aromatic nitrogens is 1. The van der Waals surface area contributed by atoms with Gasteiger partial charge in [-0.05, 0) is 38.1 Å². The minimum absolute atomic E-state index is 0.0341. The molecule has 0 radical (unpaired) electrons. The molecule has 0 spiro atoms. The summed E-state index contributed by atoms with van der Waals surface area (Å²) in [5, 5.41) is 2.85. The Morgan fingerprint density at radius 1 is 1.26 bits per heavy atom. The molecule has 0 saturated carbocycles. The SMILES string of the molecule is CCn1c(C(=O)Nc2cccc(C(C)=O)c2)cc2sc(Cl)cc21. The van der Waals surface area contributed by atoms with E-state index in [1.54, 1.807) is 24.3 Å². The summed E-state index contributed by atoms with van der Waals surface area (Å²) in [5.74, 6) is -0.236. The van der Waals surface area contributed by atoms with Crippen LogP contribution in [-0.2, 0) is 6.54 Å². The van der Waals surface area contributed by atoms with Crippen molar-refractivity contribution < 1.29 is 9.59 Å². The van der Waals surface area contributed by atoms with Gasteiger partial charge in [0.05, 0.1) is 14.6 Å². The summed E-state index contributed by atoms with van der Waals surface area (Å²) in [6, 6.07) is 10.6. The second-order valence-corrected chi connectivity index (χ2v) is 6.88. The number of hydrogen-bond acceptors (Lipinski definition) is 3. The molecular weight excluding hydrogens is 332 g/mol. The maximum Gasteiger partial charge on any atom is 0.272 e. The first-order valence-corrected chi connectivity index (χ1v) is 8.40. The van der Waals surface area contributed by atoms with E-state index in [2.05, 4.69) is 5.32 Å². The van der Waals surface area contributed by atoms with Gasteiger partial charge in [0.1, 0.15) is 5.69 Å². The molecule has 1 N–H and O–H groups in total. The first-order valence-electron chi connectivity index (χ1n) is 7.20. The fraction of sp³-hybridized carbons (Fsp3) is 0.176. The molecule has 3 rings (SSSR count). The summed E-state index contributed by atoms with van der Waals surface area (Å²) in [6.07, 6.45) is 0. The largest absolute Gasteiger partial charge is 0.336 e. The first kappa shape index (κ1) is 15.8. The van der Waals surface area contributed by atoms with E-state index in [1.807, 2.05) is 23.6 Å². The average molecular weight is 347 g/mol. The number of carbonyl (C=O) groups is 2. The van der Waals surface area contributed by atoms with Crippen molar-refractivity contribution in [2.45, 2.75) is 20.4 Å². The van der Waals surface area contributed by atoms with Gasteiger partial charge in [-0.2, -0.15) is 0 Å². The van der Waals surface area contributed by atoms with E-state index in [1.165, 1.54) is 18.3 Å². The molecular formula is C17H15ClN2O2S. The zero-order valence-corrected chi connectivity index (χ0v) is 14.3. The third kappa shape index (κ3) is 3.02. The number of hydrogen-bond donors (Lipinski definition) is 1. The summed E-state index contributed by atoms with van der Waals surface area (Å²) in [5.41, 5.74) is 2.72. The van der Waals surface area contributed by atoms with Gasteiger partial charge in [-0.25, -0.2) is 0 Å². The van der Waals surface area contributed by atoms with Gasteiger partial charge in [-0.1, -0.05) is 23.7 Å². The molecule has 1 amide bonds. The van der Waals surface area contributed by atoms with Crippen LogP contribution in [0, 0.1) is 0 Å². The second-order valence-electron chi connectivity index (χ2n) is 5.16. The highest BCUT2D eigenvalue weighted by Gasteiger charge is 2.17. The molecule has 23 heavy (non-hydrogen) atoms. The van der Waals surface area contributed by atoms with Crippen LogP contribution in [0.25, 0.3) is 10.2 Å². The Bertz CT molecular complexity index is 911. The monoisotopic (exact) mass is 346 g/mol. The van der Waals surface area contributed by atoms with Gasteiger partial charge in [-0.3, -0.25) is 9.59 Å². The number of halogens is 1. The number of Topliss-reactive ketones (excluding diaryl/α,β-unsaturated/α-hetero) is 1. The predicted octanol–water partition coefficient (Wildman–Crippen LogP) is 4.83. The topological polar surface area (TPSA) is 51.1 Å². The molecule has 6 heteroatoms. The molecule has 0 atom stereocenters. The van der Waals surface area contributed by atoms with Crippen LogP contribution in [0.1, 0.15) is 34.7 Å². The van der Waals surface area contributed by atoms with Crippen LogP contribution in [-0.4, -0.2) is 16.3 Å². The zero-order chi connectivity index (χ0) is 16.6. The maximum atomic E-state index is 12.6. The van der Waals surface area contributed by atoms with E-state index in [0.29, 0.717) is 27.8 Å². The van der Waals surface area contributed by atoms with Crippen molar-refractivity contribution in [2.75, 3.05) is 5.32 Å². The van der Waals surface area contributed by atoms with Crippen LogP contribution >= 0.6 is 22.9 Å². The highest BCUT2D eigenvalue weighted by Crippen LogP contribution is 2.32. The Labute approximate surface area is 142 Å². The van der Waals surface area contributed by atoms with E-state index in [4.69, 9.17) is 11.6 Å². The molecule has 2 aromatic heterocycles. The number of benzene rings is 1. The lowest BCUT2D eigenvalue weighted by atomic mass is 10.1. The van der Waals surface area contributed by atoms with Gasteiger partial charge in [0.15, 0.2) is 5.78 Å². The Kier molecular flexibility index (Phi) is 4.24. The number of amides is 1. The highest BCUT2D eigenvalue weighted by molar-refractivity contribution is 7.22. The molecule has 118 valence electrons. The molecule has 0 bridgehead atoms. The van der Waals surface area contributed by atoms with Crippen molar-refractivity contribution in [3.8, 4) is 0 Å². The van der Waals surface area contributed by atoms with E-state index in [0.717, 1.165) is 10.2 Å². The summed E-state index contributed by atoms with van der Waals surface area (Å²) >= 11 is 7.49. The van der Waals surface area contributed by atoms with Crippen LogP contribution in [0.4, 0.5) is 5.69 Å². The van der Waals surface area contributed by atoms with Crippen molar-refractivity contribution in [1.29, 1.82) is 0 Å². The third-order valence-corrected chi connectivity index (χ3v) is 4.84. The molecule has 0 aliphatic carbocycles. The Morgan fingerprint density at radius 3 is 2.74 bits per heavy atom. The number of aryl methyl sites for hydroxylation is 1. The Hall–Kier alpha value is -2.11. The molecule has 0 unspecified atom stereocenters. The average Bonchev–Trinajstić information content (AvgIpc) is 3.02. The lowest BCUT2D eigenvalue weighted by Gasteiger charge is -2.09. The maximum absolute atomic E-state index is 12.6. The number of fused-ring (bicyclic) bond motifs is 1. The lowest BCUT2D eigenvalue weighted by Crippen LogP contribution is -2.16. The molecule has 3 aromatic rings. The minimum atomic E-state index is -0.202. The lowest BCUT2D eigenvalue weighted by molar-refractivity contribution is 0.100. The standard InChI is InChI=1S/C17H15ClN2O2S/c1-3-20-13-9-16(18)23-15(13)8-14(20)17(22)19-12-6-4-5-11(7-12)10(2)21/h4-9H,3H2,1-2H3,(H,19,22). The molecule has 4 nitrogen and oxygen atoms in total. The van der Waals surface area contributed by atoms with Gasteiger partial charge in [0.2, 0.25) is 0 Å². The van der Waals surface area contributed by atoms with E-state index < -0.39 is 0 Å². The number of nitrogens with zero attached hydrogens (tertiary/aromatic N) is 1. The van der Waals surface area contributed by atoms with E-state index in [9.17, 15) is 9.59 Å². The van der Waals surface area contributed by atoms with Crippen molar-refractivity contribution in [2.24, 2.45) is 0 Å². The molecule has 0 fully saturated rings. The number of nitrogens with one attached hydrogen (secondary N) is 1. The van der Waals surface area contributed by atoms with Crippen molar-refractivity contribution in [3.63, 3.8) is 0 Å². The minimum Gasteiger partial charge on any atom is -0.336 e. The van der Waals surface area contributed by atoms with Gasteiger partial charge in [-0.15, -0.1) is 11.3 Å². The third-order valence-electron chi connectivity index (χ3n) is 3.64. The van der Waals surface area contributed by atoms with E-state index >= 15 is 0 Å². The summed E-state index contributed by atoms with van der Waals surface area (Å²) < 4.78 is 3.62. The smallest absolute Gasteiger partial charge is 0.272 e. The van der Waals surface area contributed by atoms with Crippen LogP contribution in [0.5, 0.6) is 0 Å². The highest BCUT2D eigenvalue weighted by atomic mass is 35.5. The van der Waals surface area contributed by atoms with E-state index in [-0.39, 0.29) is 11.7 Å². The van der Waals surface area contributed by atoms with Gasteiger partial charge < -0.3 is 9.88 Å². The number of carbonyl (C=O) groups excluding carboxylic acids is 2. The van der Waals surface area contributed by atoms with Crippen molar-refractivity contribution >= 4 is 50.5 Å². The summed E-state index contributed by atoms with van der Waals surface area (Å²) in [7, 11) is 0. The Morgan fingerprint density at radius 2 is 2.04 bits per heavy atom. The van der Waals surface area contributed by atoms with Crippen LogP contribution in [0.15, 0.2) is 36.4 Å². The van der Waals surface area contributed by atoms with Crippen molar-refractivity contribution in [1.82, 2.24) is 4.57 Å². The molecule has 0 saturated heterocycles. The van der Waals surface area contributed by atoms with Crippen LogP contribution in [0.3, 0.4) is 0 Å². The molecule has 0 aliphatic heterocycles. The zero-order valence-electron chi connectivity index (χ0n) is 12.7. The number of anilines is 1. The molecule has 0 aliphatic rings. The van der Waals surface area contributed by atoms with Crippen LogP contribution < -0.4 is 5.32 Å². The quantitative estimate of drug-likeness (QED) is 0.688. The van der Waals surface area contributed by atoms with Crippen LogP contribution in [0.2, 0.25) is 4.34 Å². The Balaban J connectivity index is 1.93. The van der Waals surface area contributed by atoms with Gasteiger partial charge in [0, 0.05) is 17.8 Å². The summed E-state index contributed by atoms with van der Waals surface area (Å²) in [4.78, 5) is 24.0. The number of thiophene rings is 1. The first-order chi connectivity index (χ1) is 11.0. The molecule has 2 heterocycles. The second kappa shape index (κ2) is 6.18. The van der Waals surface area contributed by atoms with Crippen molar-refractivity contribution in [3.05, 3.63) is 52.0 Å². The fourth-order valence-electron chi connectivity index (χ4n) is 2.55. The van der Waals surface area contributed by atoms with Gasteiger partial charge >= 0.3 is 0 Å².